The summed E-state index contributed by atoms with van der Waals surface area (Å²) in [6, 6.07) is 11.5. The molecular formula is C22H25ClN4OS. The Labute approximate surface area is 180 Å². The molecule has 7 heteroatoms. The van der Waals surface area contributed by atoms with Crippen molar-refractivity contribution in [3.05, 3.63) is 68.0 Å². The Morgan fingerprint density at radius 2 is 1.90 bits per heavy atom. The van der Waals surface area contributed by atoms with E-state index < -0.39 is 0 Å². The third-order valence-electron chi connectivity index (χ3n) is 5.49. The predicted molar refractivity (Wildman–Crippen MR) is 119 cm³/mol. The van der Waals surface area contributed by atoms with Crippen molar-refractivity contribution in [3.8, 4) is 10.6 Å². The summed E-state index contributed by atoms with van der Waals surface area (Å²) in [6.07, 6.45) is 2.11. The molecular weight excluding hydrogens is 404 g/mol. The molecule has 3 aromatic rings. The highest BCUT2D eigenvalue weighted by Gasteiger charge is 2.21. The molecule has 0 bridgehead atoms. The molecule has 1 saturated heterocycles. The second kappa shape index (κ2) is 8.78. The number of likely N-dealkylation sites (tertiary alicyclic amines) is 1. The third-order valence-corrected chi connectivity index (χ3v) is 6.96. The number of piperidine rings is 1. The molecule has 29 heavy (non-hydrogen) atoms. The van der Waals surface area contributed by atoms with Gasteiger partial charge >= 0.3 is 0 Å². The molecule has 0 atom stereocenters. The van der Waals surface area contributed by atoms with Gasteiger partial charge in [0.25, 0.3) is 5.56 Å². The van der Waals surface area contributed by atoms with E-state index >= 15 is 0 Å². The highest BCUT2D eigenvalue weighted by molar-refractivity contribution is 7.15. The zero-order valence-corrected chi connectivity index (χ0v) is 18.3. The first-order chi connectivity index (χ1) is 14.0. The van der Waals surface area contributed by atoms with Crippen molar-refractivity contribution < 1.29 is 0 Å². The van der Waals surface area contributed by atoms with E-state index in [0.717, 1.165) is 58.8 Å². The quantitative estimate of drug-likeness (QED) is 0.598. The van der Waals surface area contributed by atoms with Crippen LogP contribution in [0.15, 0.2) is 41.2 Å². The number of aromatic nitrogens is 3. The number of aryl methyl sites for hydroxylation is 2. The average molecular weight is 429 g/mol. The Balaban J connectivity index is 1.40. The number of hydrogen-bond acceptors (Lipinski definition) is 5. The van der Waals surface area contributed by atoms with Crippen LogP contribution in [-0.2, 0) is 13.1 Å². The molecule has 152 valence electrons. The fraction of sp³-hybridized carbons (Fsp3) is 0.409. The van der Waals surface area contributed by atoms with Crippen molar-refractivity contribution in [1.29, 1.82) is 0 Å². The molecule has 0 spiro atoms. The Morgan fingerprint density at radius 3 is 2.59 bits per heavy atom. The first-order valence-corrected chi connectivity index (χ1v) is 11.2. The predicted octanol–water partition coefficient (Wildman–Crippen LogP) is 4.55. The molecule has 1 aromatic carbocycles. The van der Waals surface area contributed by atoms with Crippen molar-refractivity contribution in [3.63, 3.8) is 0 Å². The molecule has 0 radical (unpaired) electrons. The first kappa shape index (κ1) is 20.3. The van der Waals surface area contributed by atoms with Gasteiger partial charge in [0.05, 0.1) is 15.6 Å². The van der Waals surface area contributed by atoms with Crippen molar-refractivity contribution in [2.45, 2.75) is 39.8 Å². The second-order valence-corrected chi connectivity index (χ2v) is 9.31. The Morgan fingerprint density at radius 1 is 1.14 bits per heavy atom. The lowest BCUT2D eigenvalue weighted by Crippen LogP contribution is -2.36. The van der Waals surface area contributed by atoms with Crippen molar-refractivity contribution in [2.75, 3.05) is 13.1 Å². The molecule has 0 amide bonds. The highest BCUT2D eigenvalue weighted by Crippen LogP contribution is 2.28. The fourth-order valence-electron chi connectivity index (χ4n) is 3.91. The van der Waals surface area contributed by atoms with Crippen molar-refractivity contribution in [2.24, 2.45) is 5.92 Å². The third kappa shape index (κ3) is 4.77. The largest absolute Gasteiger partial charge is 0.299 e. The van der Waals surface area contributed by atoms with E-state index in [9.17, 15) is 4.79 Å². The van der Waals surface area contributed by atoms with E-state index in [2.05, 4.69) is 21.0 Å². The smallest absolute Gasteiger partial charge is 0.266 e. The van der Waals surface area contributed by atoms with Gasteiger partial charge in [-0.1, -0.05) is 29.8 Å². The van der Waals surface area contributed by atoms with Crippen LogP contribution in [0.5, 0.6) is 0 Å². The lowest BCUT2D eigenvalue weighted by atomic mass is 9.96. The standard InChI is InChI=1S/C22H25ClN4OS/c1-15-22(29-16(2)24-15)20-7-8-21(28)27(25-20)13-17-9-11-26(12-10-17)14-18-5-3-4-6-19(18)23/h3-8,17H,9-14H2,1-2H3. The maximum absolute atomic E-state index is 12.4. The lowest BCUT2D eigenvalue weighted by Gasteiger charge is -2.32. The molecule has 0 N–H and O–H groups in total. The minimum Gasteiger partial charge on any atom is -0.299 e. The summed E-state index contributed by atoms with van der Waals surface area (Å²) >= 11 is 7.92. The van der Waals surface area contributed by atoms with Crippen LogP contribution in [0.1, 0.15) is 29.1 Å². The topological polar surface area (TPSA) is 51.0 Å². The van der Waals surface area contributed by atoms with E-state index in [4.69, 9.17) is 11.6 Å². The van der Waals surface area contributed by atoms with Crippen LogP contribution in [0.25, 0.3) is 10.6 Å². The minimum absolute atomic E-state index is 0.0360. The summed E-state index contributed by atoms with van der Waals surface area (Å²) in [5.41, 5.74) is 2.95. The Hall–Kier alpha value is -2.02. The van der Waals surface area contributed by atoms with Crippen LogP contribution in [0.3, 0.4) is 0 Å². The number of thiazole rings is 1. The van der Waals surface area contributed by atoms with E-state index in [1.54, 1.807) is 22.1 Å². The second-order valence-electron chi connectivity index (χ2n) is 7.70. The zero-order valence-electron chi connectivity index (χ0n) is 16.8. The molecule has 1 fully saturated rings. The maximum Gasteiger partial charge on any atom is 0.266 e. The van der Waals surface area contributed by atoms with Crippen LogP contribution in [-0.4, -0.2) is 32.8 Å². The number of rotatable bonds is 5. The minimum atomic E-state index is -0.0360. The Kier molecular flexibility index (Phi) is 6.13. The summed E-state index contributed by atoms with van der Waals surface area (Å²) in [7, 11) is 0. The zero-order chi connectivity index (χ0) is 20.4. The van der Waals surface area contributed by atoms with Gasteiger partial charge in [0, 0.05) is 24.2 Å². The molecule has 2 aromatic heterocycles. The molecule has 3 heterocycles. The lowest BCUT2D eigenvalue weighted by molar-refractivity contribution is 0.163. The molecule has 0 aliphatic carbocycles. The highest BCUT2D eigenvalue weighted by atomic mass is 35.5. The molecule has 5 nitrogen and oxygen atoms in total. The van der Waals surface area contributed by atoms with Gasteiger partial charge in [-0.25, -0.2) is 9.67 Å². The molecule has 0 saturated carbocycles. The van der Waals surface area contributed by atoms with Gasteiger partial charge in [-0.15, -0.1) is 11.3 Å². The van der Waals surface area contributed by atoms with Crippen LogP contribution in [0, 0.1) is 19.8 Å². The summed E-state index contributed by atoms with van der Waals surface area (Å²) < 4.78 is 1.64. The fourth-order valence-corrected chi connectivity index (χ4v) is 4.99. The monoisotopic (exact) mass is 428 g/mol. The summed E-state index contributed by atoms with van der Waals surface area (Å²) in [4.78, 5) is 20.3. The van der Waals surface area contributed by atoms with Gasteiger partial charge in [-0.2, -0.15) is 5.10 Å². The van der Waals surface area contributed by atoms with Gasteiger partial charge < -0.3 is 0 Å². The summed E-state index contributed by atoms with van der Waals surface area (Å²) in [5, 5.41) is 6.50. The van der Waals surface area contributed by atoms with Crippen molar-refractivity contribution >= 4 is 22.9 Å². The van der Waals surface area contributed by atoms with Crippen molar-refractivity contribution in [1.82, 2.24) is 19.7 Å². The average Bonchev–Trinajstić information content (AvgIpc) is 3.05. The van der Waals surface area contributed by atoms with Crippen LogP contribution < -0.4 is 5.56 Å². The van der Waals surface area contributed by atoms with Gasteiger partial charge in [0.1, 0.15) is 5.69 Å². The maximum atomic E-state index is 12.4. The van der Waals surface area contributed by atoms with Crippen LogP contribution >= 0.6 is 22.9 Å². The van der Waals surface area contributed by atoms with Gasteiger partial charge in [0.15, 0.2) is 0 Å². The van der Waals surface area contributed by atoms with E-state index in [1.807, 2.05) is 38.1 Å². The van der Waals surface area contributed by atoms with E-state index in [1.165, 1.54) is 5.56 Å². The van der Waals surface area contributed by atoms with E-state index in [-0.39, 0.29) is 5.56 Å². The van der Waals surface area contributed by atoms with Gasteiger partial charge in [0.2, 0.25) is 0 Å². The molecule has 0 unspecified atom stereocenters. The normalized spacial score (nSPS) is 15.7. The number of benzene rings is 1. The molecule has 1 aliphatic heterocycles. The van der Waals surface area contributed by atoms with Gasteiger partial charge in [-0.05, 0) is 63.4 Å². The number of nitrogens with zero attached hydrogens (tertiary/aromatic N) is 4. The van der Waals surface area contributed by atoms with E-state index in [0.29, 0.717) is 12.5 Å². The Bertz CT molecular complexity index is 1050. The first-order valence-electron chi connectivity index (χ1n) is 9.98. The SMILES string of the molecule is Cc1nc(C)c(-c2ccc(=O)n(CC3CCN(Cc4ccccc4Cl)CC3)n2)s1. The summed E-state index contributed by atoms with van der Waals surface area (Å²) in [5.74, 6) is 0.460. The van der Waals surface area contributed by atoms with Crippen LogP contribution in [0.2, 0.25) is 5.02 Å². The summed E-state index contributed by atoms with van der Waals surface area (Å²) in [6.45, 7) is 7.56. The van der Waals surface area contributed by atoms with Crippen LogP contribution in [0.4, 0.5) is 0 Å². The molecule has 1 aliphatic rings. The molecule has 4 rings (SSSR count). The number of halogens is 1. The number of hydrogen-bond donors (Lipinski definition) is 0. The van der Waals surface area contributed by atoms with Gasteiger partial charge in [-0.3, -0.25) is 9.69 Å².